The summed E-state index contributed by atoms with van der Waals surface area (Å²) in [5.41, 5.74) is 1.29. The molecule has 5 atom stereocenters. The Morgan fingerprint density at radius 3 is 2.12 bits per heavy atom. The van der Waals surface area contributed by atoms with Gasteiger partial charge in [-0.2, -0.15) is 0 Å². The van der Waals surface area contributed by atoms with Crippen LogP contribution in [0.15, 0.2) is 23.0 Å². The minimum Gasteiger partial charge on any atom is -0.508 e. The van der Waals surface area contributed by atoms with Crippen molar-refractivity contribution in [3.63, 3.8) is 0 Å². The highest BCUT2D eigenvalue weighted by Gasteiger charge is 2.64. The van der Waals surface area contributed by atoms with Gasteiger partial charge in [0.05, 0.1) is 23.6 Å². The molecule has 1 aromatic carbocycles. The number of rotatable bonds is 8. The molecule has 0 spiro atoms. The summed E-state index contributed by atoms with van der Waals surface area (Å²) in [4.78, 5) is 70.5. The van der Waals surface area contributed by atoms with Gasteiger partial charge in [0.15, 0.2) is 11.4 Å². The first kappa shape index (κ1) is 40.1. The smallest absolute Gasteiger partial charge is 0.413 e. The number of nitrogens with zero attached hydrogens (tertiary/aromatic N) is 3. The molecule has 3 aliphatic carbocycles. The molecule has 0 aliphatic heterocycles. The number of phenols is 1. The maximum Gasteiger partial charge on any atom is 0.413 e. The standard InChI is InChI=1S/C37H52N4O11/c1-17(51-33(48)36(5,6)7)52-34(49)41(16-35(2,3)4)15-19-14-22(39(8)9)20-12-18-13-21-26(40(10)11)29(44)25(32(38)47)31(46)37(21,50)30(45)23(18)28(43)24(20)27(19)42/h14,17-18,21,26,42-43,46,50H,12-13,15-16H2,1-11H3,(H2,38,47). The van der Waals surface area contributed by atoms with Crippen molar-refractivity contribution in [2.75, 3.05) is 39.6 Å². The fraction of sp³-hybridized carbons (Fsp3) is 0.595. The van der Waals surface area contributed by atoms with E-state index in [1.54, 1.807) is 45.8 Å². The maximum absolute atomic E-state index is 14.3. The predicted octanol–water partition coefficient (Wildman–Crippen LogP) is 2.95. The lowest BCUT2D eigenvalue weighted by atomic mass is 9.57. The number of nitrogens with two attached hydrogens (primary N) is 1. The molecule has 1 aromatic rings. The van der Waals surface area contributed by atoms with E-state index < -0.39 is 93.0 Å². The van der Waals surface area contributed by atoms with Gasteiger partial charge in [0.2, 0.25) is 12.1 Å². The minimum atomic E-state index is -2.78. The predicted molar refractivity (Wildman–Crippen MR) is 190 cm³/mol. The SMILES string of the molecule is CC(OC(=O)N(Cc1cc(N(C)C)c2c(c1O)C(O)=C1C(=O)C3(O)C(O)=C(C(N)=O)C(=O)C(N(C)C)C3CC1C2)CC(C)(C)C)OC(=O)C(C)(C)C. The van der Waals surface area contributed by atoms with Crippen LogP contribution in [0.2, 0.25) is 0 Å². The molecule has 15 nitrogen and oxygen atoms in total. The van der Waals surface area contributed by atoms with Crippen molar-refractivity contribution in [2.45, 2.75) is 85.8 Å². The first-order chi connectivity index (χ1) is 23.7. The number of esters is 1. The molecule has 0 aromatic heterocycles. The Morgan fingerprint density at radius 2 is 1.62 bits per heavy atom. The second-order valence-corrected chi connectivity index (χ2v) is 16.6. The molecule has 1 fully saturated rings. The van der Waals surface area contributed by atoms with Crippen molar-refractivity contribution in [3.8, 4) is 5.75 Å². The van der Waals surface area contributed by atoms with Crippen LogP contribution in [0.3, 0.4) is 0 Å². The summed E-state index contributed by atoms with van der Waals surface area (Å²) >= 11 is 0. The number of aliphatic hydroxyl groups is 3. The number of aliphatic hydroxyl groups excluding tert-OH is 2. The highest BCUT2D eigenvalue weighted by molar-refractivity contribution is 6.24. The Bertz CT molecular complexity index is 1760. The number of fused-ring (bicyclic) bond motifs is 3. The van der Waals surface area contributed by atoms with Crippen LogP contribution in [0.5, 0.6) is 5.75 Å². The summed E-state index contributed by atoms with van der Waals surface area (Å²) in [6, 6.07) is 0.467. The first-order valence-corrected chi connectivity index (χ1v) is 17.1. The van der Waals surface area contributed by atoms with E-state index in [4.69, 9.17) is 15.2 Å². The number of amides is 2. The molecule has 52 heavy (non-hydrogen) atoms. The van der Waals surface area contributed by atoms with Crippen LogP contribution in [0.25, 0.3) is 5.76 Å². The molecule has 4 rings (SSSR count). The number of hydrogen-bond acceptors (Lipinski definition) is 13. The number of ether oxygens (including phenoxy) is 2. The largest absolute Gasteiger partial charge is 0.508 e. The van der Waals surface area contributed by atoms with Gasteiger partial charge in [-0.3, -0.25) is 24.1 Å². The van der Waals surface area contributed by atoms with Gasteiger partial charge in [0.25, 0.3) is 5.91 Å². The van der Waals surface area contributed by atoms with Crippen LogP contribution in [-0.2, 0) is 41.6 Å². The monoisotopic (exact) mass is 728 g/mol. The highest BCUT2D eigenvalue weighted by atomic mass is 16.7. The van der Waals surface area contributed by atoms with Crippen molar-refractivity contribution in [2.24, 2.45) is 28.4 Å². The van der Waals surface area contributed by atoms with Crippen LogP contribution in [0.1, 0.15) is 71.6 Å². The number of Topliss-reactive ketones (excluding diaryl/α,β-unsaturated/α-hetero) is 2. The van der Waals surface area contributed by atoms with Gasteiger partial charge in [-0.15, -0.1) is 0 Å². The summed E-state index contributed by atoms with van der Waals surface area (Å²) in [7, 11) is 6.57. The summed E-state index contributed by atoms with van der Waals surface area (Å²) in [5, 5.41) is 46.8. The number of hydrogen-bond donors (Lipinski definition) is 5. The average molecular weight is 729 g/mol. The van der Waals surface area contributed by atoms with Gasteiger partial charge in [0, 0.05) is 50.3 Å². The van der Waals surface area contributed by atoms with E-state index >= 15 is 0 Å². The Labute approximate surface area is 303 Å². The van der Waals surface area contributed by atoms with Crippen LogP contribution in [0, 0.1) is 22.7 Å². The number of benzene rings is 1. The molecule has 0 bridgehead atoms. The van der Waals surface area contributed by atoms with E-state index in [0.29, 0.717) is 11.3 Å². The second-order valence-electron chi connectivity index (χ2n) is 16.6. The number of likely N-dealkylation sites (N-methyl/N-ethyl adjacent to an activating group) is 1. The van der Waals surface area contributed by atoms with Crippen molar-refractivity contribution in [1.82, 2.24) is 9.80 Å². The third-order valence-electron chi connectivity index (χ3n) is 9.69. The molecule has 15 heteroatoms. The van der Waals surface area contributed by atoms with Crippen molar-refractivity contribution in [1.29, 1.82) is 0 Å². The first-order valence-electron chi connectivity index (χ1n) is 17.1. The topological polar surface area (TPSA) is 220 Å². The van der Waals surface area contributed by atoms with Gasteiger partial charge in [0.1, 0.15) is 22.8 Å². The van der Waals surface area contributed by atoms with E-state index in [-0.39, 0.29) is 42.6 Å². The average Bonchev–Trinajstić information content (AvgIpc) is 2.98. The van der Waals surface area contributed by atoms with E-state index in [1.165, 1.54) is 30.8 Å². The number of ketones is 2. The zero-order valence-corrected chi connectivity index (χ0v) is 31.8. The Balaban J connectivity index is 1.84. The molecule has 0 saturated heterocycles. The molecule has 1 saturated carbocycles. The molecule has 2 amide bonds. The zero-order chi connectivity index (χ0) is 39.6. The summed E-state index contributed by atoms with van der Waals surface area (Å²) in [5.74, 6) is -8.06. The van der Waals surface area contributed by atoms with Crippen LogP contribution >= 0.6 is 0 Å². The third kappa shape index (κ3) is 7.07. The normalized spacial score (nSPS) is 23.8. The van der Waals surface area contributed by atoms with Crippen molar-refractivity contribution >= 4 is 41.0 Å². The van der Waals surface area contributed by atoms with Gasteiger partial charge in [-0.25, -0.2) is 4.79 Å². The van der Waals surface area contributed by atoms with Crippen LogP contribution in [0.4, 0.5) is 10.5 Å². The Kier molecular flexibility index (Phi) is 10.6. The van der Waals surface area contributed by atoms with Gasteiger partial charge in [-0.05, 0) is 70.7 Å². The van der Waals surface area contributed by atoms with Crippen LogP contribution in [-0.4, -0.2) is 112 Å². The fourth-order valence-corrected chi connectivity index (χ4v) is 7.40. The molecule has 6 N–H and O–H groups in total. The Hall–Kier alpha value is -4.63. The van der Waals surface area contributed by atoms with E-state index in [9.17, 15) is 44.4 Å². The van der Waals surface area contributed by atoms with E-state index in [1.807, 2.05) is 20.8 Å². The number of primary amides is 1. The number of anilines is 1. The van der Waals surface area contributed by atoms with Gasteiger partial charge < -0.3 is 45.4 Å². The molecule has 0 heterocycles. The molecular weight excluding hydrogens is 676 g/mol. The summed E-state index contributed by atoms with van der Waals surface area (Å²) in [6.07, 6.45) is -2.01. The molecule has 5 unspecified atom stereocenters. The fourth-order valence-electron chi connectivity index (χ4n) is 7.40. The molecule has 286 valence electrons. The number of phenolic OH excluding ortho intramolecular Hbond substituents is 1. The molecule has 3 aliphatic rings. The lowest BCUT2D eigenvalue weighted by molar-refractivity contribution is -0.175. The number of carbonyl (C=O) groups is 5. The Morgan fingerprint density at radius 1 is 1.02 bits per heavy atom. The molecule has 0 radical (unpaired) electrons. The van der Waals surface area contributed by atoms with Crippen LogP contribution < -0.4 is 10.6 Å². The third-order valence-corrected chi connectivity index (χ3v) is 9.69. The lowest BCUT2D eigenvalue weighted by Crippen LogP contribution is -2.65. The molecular formula is C37H52N4O11. The highest BCUT2D eigenvalue weighted by Crippen LogP contribution is 2.54. The summed E-state index contributed by atoms with van der Waals surface area (Å²) < 4.78 is 10.8. The van der Waals surface area contributed by atoms with Gasteiger partial charge in [-0.1, -0.05) is 20.8 Å². The second kappa shape index (κ2) is 13.7. The minimum absolute atomic E-state index is 0.0513. The zero-order valence-electron chi connectivity index (χ0n) is 31.8. The van der Waals surface area contributed by atoms with Crippen molar-refractivity contribution < 1.29 is 53.9 Å². The van der Waals surface area contributed by atoms with Gasteiger partial charge >= 0.3 is 12.1 Å². The van der Waals surface area contributed by atoms with E-state index in [2.05, 4.69) is 0 Å². The van der Waals surface area contributed by atoms with E-state index in [0.717, 1.165) is 0 Å². The number of aromatic hydroxyl groups is 1. The summed E-state index contributed by atoms with van der Waals surface area (Å²) in [6.45, 7) is 12.0. The maximum atomic E-state index is 14.3. The lowest BCUT2D eigenvalue weighted by Gasteiger charge is -2.50. The van der Waals surface area contributed by atoms with Crippen molar-refractivity contribution in [3.05, 3.63) is 39.7 Å². The quantitative estimate of drug-likeness (QED) is 0.148. The number of carbonyl (C=O) groups excluding carboxylic acids is 5.